The fourth-order valence-electron chi connectivity index (χ4n) is 1.30. The van der Waals surface area contributed by atoms with Gasteiger partial charge in [0.25, 0.3) is 0 Å². The number of hydrogen-bond donors (Lipinski definition) is 1. The molecule has 0 aromatic carbocycles. The van der Waals surface area contributed by atoms with E-state index in [9.17, 15) is 0 Å². The van der Waals surface area contributed by atoms with E-state index < -0.39 is 0 Å². The van der Waals surface area contributed by atoms with Crippen LogP contribution in [0.2, 0.25) is 0 Å². The lowest BCUT2D eigenvalue weighted by Gasteiger charge is -2.06. The Hall–Kier alpha value is -0.930. The lowest BCUT2D eigenvalue weighted by Crippen LogP contribution is -2.20. The van der Waals surface area contributed by atoms with Crippen LogP contribution in [0.5, 0.6) is 0 Å². The molecule has 1 aromatic rings. The van der Waals surface area contributed by atoms with E-state index in [1.807, 2.05) is 12.3 Å². The molecule has 1 N–H and O–H groups in total. The highest BCUT2D eigenvalue weighted by Gasteiger charge is 1.97. The SMILES string of the molecule is CCCOCCNCc1ncccc1C. The van der Waals surface area contributed by atoms with Crippen LogP contribution in [0, 0.1) is 6.92 Å². The Balaban J connectivity index is 2.12. The van der Waals surface area contributed by atoms with Gasteiger partial charge in [-0.15, -0.1) is 0 Å². The van der Waals surface area contributed by atoms with Crippen molar-refractivity contribution in [3.63, 3.8) is 0 Å². The molecule has 0 spiro atoms. The van der Waals surface area contributed by atoms with Crippen molar-refractivity contribution < 1.29 is 4.74 Å². The van der Waals surface area contributed by atoms with E-state index in [0.29, 0.717) is 0 Å². The minimum Gasteiger partial charge on any atom is -0.380 e. The van der Waals surface area contributed by atoms with Gasteiger partial charge in [-0.25, -0.2) is 0 Å². The normalized spacial score (nSPS) is 10.5. The van der Waals surface area contributed by atoms with Crippen LogP contribution in [-0.4, -0.2) is 24.7 Å². The third-order valence-corrected chi connectivity index (χ3v) is 2.18. The Kier molecular flexibility index (Phi) is 5.97. The number of aryl methyl sites for hydroxylation is 1. The number of aromatic nitrogens is 1. The lowest BCUT2D eigenvalue weighted by molar-refractivity contribution is 0.136. The molecule has 0 fully saturated rings. The van der Waals surface area contributed by atoms with Crippen molar-refractivity contribution in [2.45, 2.75) is 26.8 Å². The van der Waals surface area contributed by atoms with Crippen molar-refractivity contribution in [2.75, 3.05) is 19.8 Å². The second-order valence-electron chi connectivity index (χ2n) is 3.56. The van der Waals surface area contributed by atoms with Crippen molar-refractivity contribution >= 4 is 0 Å². The number of nitrogens with one attached hydrogen (secondary N) is 1. The van der Waals surface area contributed by atoms with E-state index in [1.165, 1.54) is 5.56 Å². The Morgan fingerprint density at radius 1 is 1.40 bits per heavy atom. The molecule has 3 heteroatoms. The van der Waals surface area contributed by atoms with Crippen LogP contribution in [0.3, 0.4) is 0 Å². The standard InChI is InChI=1S/C12H20N2O/c1-3-8-15-9-7-13-10-12-11(2)5-4-6-14-12/h4-6,13H,3,7-10H2,1-2H3. The number of nitrogens with zero attached hydrogens (tertiary/aromatic N) is 1. The van der Waals surface area contributed by atoms with Crippen LogP contribution < -0.4 is 5.32 Å². The molecular weight excluding hydrogens is 188 g/mol. The molecule has 0 aliphatic carbocycles. The summed E-state index contributed by atoms with van der Waals surface area (Å²) in [5, 5.41) is 3.31. The van der Waals surface area contributed by atoms with Crippen molar-refractivity contribution in [3.8, 4) is 0 Å². The first-order chi connectivity index (χ1) is 7.34. The van der Waals surface area contributed by atoms with Crippen LogP contribution >= 0.6 is 0 Å². The molecule has 0 aliphatic rings. The summed E-state index contributed by atoms with van der Waals surface area (Å²) in [4.78, 5) is 4.31. The van der Waals surface area contributed by atoms with Gasteiger partial charge in [-0.1, -0.05) is 13.0 Å². The van der Waals surface area contributed by atoms with Gasteiger partial charge in [0.05, 0.1) is 12.3 Å². The fourth-order valence-corrected chi connectivity index (χ4v) is 1.30. The van der Waals surface area contributed by atoms with Gasteiger partial charge in [-0.05, 0) is 25.0 Å². The summed E-state index contributed by atoms with van der Waals surface area (Å²) in [6.45, 7) is 7.53. The summed E-state index contributed by atoms with van der Waals surface area (Å²) in [5.74, 6) is 0. The predicted octanol–water partition coefficient (Wildman–Crippen LogP) is 1.91. The van der Waals surface area contributed by atoms with Crippen LogP contribution in [0.25, 0.3) is 0 Å². The molecule has 0 saturated carbocycles. The Morgan fingerprint density at radius 3 is 3.00 bits per heavy atom. The molecule has 1 heterocycles. The topological polar surface area (TPSA) is 34.1 Å². The van der Waals surface area contributed by atoms with Crippen LogP contribution in [0.15, 0.2) is 18.3 Å². The van der Waals surface area contributed by atoms with Gasteiger partial charge < -0.3 is 10.1 Å². The molecule has 84 valence electrons. The first kappa shape index (κ1) is 12.1. The third-order valence-electron chi connectivity index (χ3n) is 2.18. The monoisotopic (exact) mass is 208 g/mol. The maximum Gasteiger partial charge on any atom is 0.0591 e. The largest absolute Gasteiger partial charge is 0.380 e. The number of rotatable bonds is 7. The smallest absolute Gasteiger partial charge is 0.0591 e. The first-order valence-electron chi connectivity index (χ1n) is 5.53. The van der Waals surface area contributed by atoms with E-state index in [-0.39, 0.29) is 0 Å². The molecular formula is C12H20N2O. The molecule has 0 saturated heterocycles. The zero-order valence-electron chi connectivity index (χ0n) is 9.62. The zero-order chi connectivity index (χ0) is 10.9. The number of pyridine rings is 1. The number of ether oxygens (including phenoxy) is 1. The van der Waals surface area contributed by atoms with Gasteiger partial charge >= 0.3 is 0 Å². The molecule has 1 rings (SSSR count). The van der Waals surface area contributed by atoms with Gasteiger partial charge in [-0.3, -0.25) is 4.98 Å². The zero-order valence-corrected chi connectivity index (χ0v) is 9.62. The van der Waals surface area contributed by atoms with Crippen LogP contribution in [0.1, 0.15) is 24.6 Å². The molecule has 0 amide bonds. The summed E-state index contributed by atoms with van der Waals surface area (Å²) in [7, 11) is 0. The molecule has 0 atom stereocenters. The summed E-state index contributed by atoms with van der Waals surface area (Å²) >= 11 is 0. The third kappa shape index (κ3) is 4.91. The van der Waals surface area contributed by atoms with Gasteiger partial charge in [0, 0.05) is 25.9 Å². The van der Waals surface area contributed by atoms with E-state index in [1.54, 1.807) is 0 Å². The second kappa shape index (κ2) is 7.37. The summed E-state index contributed by atoms with van der Waals surface area (Å²) < 4.78 is 5.37. The number of hydrogen-bond acceptors (Lipinski definition) is 3. The fraction of sp³-hybridized carbons (Fsp3) is 0.583. The van der Waals surface area contributed by atoms with Crippen LogP contribution in [0.4, 0.5) is 0 Å². The maximum atomic E-state index is 5.37. The molecule has 0 unspecified atom stereocenters. The van der Waals surface area contributed by atoms with Gasteiger partial charge in [0.15, 0.2) is 0 Å². The van der Waals surface area contributed by atoms with Crippen LogP contribution in [-0.2, 0) is 11.3 Å². The Morgan fingerprint density at radius 2 is 2.27 bits per heavy atom. The van der Waals surface area contributed by atoms with Crippen molar-refractivity contribution in [1.82, 2.24) is 10.3 Å². The highest BCUT2D eigenvalue weighted by molar-refractivity contribution is 5.17. The molecule has 15 heavy (non-hydrogen) atoms. The highest BCUT2D eigenvalue weighted by atomic mass is 16.5. The van der Waals surface area contributed by atoms with E-state index in [0.717, 1.165) is 38.4 Å². The highest BCUT2D eigenvalue weighted by Crippen LogP contribution is 2.01. The summed E-state index contributed by atoms with van der Waals surface area (Å²) in [6.07, 6.45) is 2.91. The predicted molar refractivity (Wildman–Crippen MR) is 61.8 cm³/mol. The average molecular weight is 208 g/mol. The quantitative estimate of drug-likeness (QED) is 0.695. The minimum absolute atomic E-state index is 0.778. The molecule has 0 radical (unpaired) electrons. The second-order valence-corrected chi connectivity index (χ2v) is 3.56. The summed E-state index contributed by atoms with van der Waals surface area (Å²) in [6, 6.07) is 4.04. The maximum absolute atomic E-state index is 5.37. The van der Waals surface area contributed by atoms with Crippen molar-refractivity contribution in [1.29, 1.82) is 0 Å². The Labute approximate surface area is 91.9 Å². The first-order valence-corrected chi connectivity index (χ1v) is 5.53. The van der Waals surface area contributed by atoms with Gasteiger partial charge in [-0.2, -0.15) is 0 Å². The molecule has 0 aliphatic heterocycles. The molecule has 1 aromatic heterocycles. The van der Waals surface area contributed by atoms with E-state index >= 15 is 0 Å². The Bertz CT molecular complexity index is 276. The lowest BCUT2D eigenvalue weighted by atomic mass is 10.2. The van der Waals surface area contributed by atoms with E-state index in [2.05, 4.69) is 30.2 Å². The molecule has 3 nitrogen and oxygen atoms in total. The van der Waals surface area contributed by atoms with Gasteiger partial charge in [0.1, 0.15) is 0 Å². The molecule has 0 bridgehead atoms. The van der Waals surface area contributed by atoms with Crippen molar-refractivity contribution in [2.24, 2.45) is 0 Å². The average Bonchev–Trinajstić information content (AvgIpc) is 2.25. The van der Waals surface area contributed by atoms with E-state index in [4.69, 9.17) is 4.74 Å². The van der Waals surface area contributed by atoms with Crippen molar-refractivity contribution in [3.05, 3.63) is 29.6 Å². The summed E-state index contributed by atoms with van der Waals surface area (Å²) in [5.41, 5.74) is 2.35. The van der Waals surface area contributed by atoms with Gasteiger partial charge in [0.2, 0.25) is 0 Å². The minimum atomic E-state index is 0.778.